The van der Waals surface area contributed by atoms with Gasteiger partial charge in [-0.25, -0.2) is 0 Å². The number of carbonyl (C=O) groups is 1. The average molecular weight is 314 g/mol. The van der Waals surface area contributed by atoms with Gasteiger partial charge in [0, 0.05) is 17.6 Å². The fourth-order valence-corrected chi connectivity index (χ4v) is 2.60. The Morgan fingerprint density at radius 1 is 1.56 bits per heavy atom. The molecule has 0 spiro atoms. The minimum Gasteiger partial charge on any atom is -0.481 e. The summed E-state index contributed by atoms with van der Waals surface area (Å²) >= 11 is 3.43. The lowest BCUT2D eigenvalue weighted by molar-refractivity contribution is -0.183. The van der Waals surface area contributed by atoms with E-state index in [1.165, 1.54) is 0 Å². The summed E-state index contributed by atoms with van der Waals surface area (Å²) in [6.45, 7) is 1.86. The van der Waals surface area contributed by atoms with E-state index in [1.54, 1.807) is 0 Å². The molecule has 4 nitrogen and oxygen atoms in total. The van der Waals surface area contributed by atoms with E-state index in [0.717, 1.165) is 16.6 Å². The van der Waals surface area contributed by atoms with Gasteiger partial charge < -0.3 is 14.7 Å². The molecule has 2 rings (SSSR count). The van der Waals surface area contributed by atoms with Gasteiger partial charge in [0.1, 0.15) is 5.41 Å². The summed E-state index contributed by atoms with van der Waals surface area (Å²) in [5.74, 6) is -0.769. The normalized spacial score (nSPS) is 17.5. The van der Waals surface area contributed by atoms with Crippen LogP contribution in [0.4, 0.5) is 0 Å². The summed E-state index contributed by atoms with van der Waals surface area (Å²) in [6.07, 6.45) is 0. The molecule has 0 saturated carbocycles. The van der Waals surface area contributed by atoms with Crippen LogP contribution in [0.1, 0.15) is 5.56 Å². The molecule has 1 aromatic carbocycles. The largest absolute Gasteiger partial charge is 0.481 e. The molecule has 1 saturated heterocycles. The Kier molecular flexibility index (Phi) is 4.04. The van der Waals surface area contributed by atoms with Gasteiger partial charge >= 0.3 is 5.97 Å². The minimum absolute atomic E-state index is 0.311. The molecule has 1 N–H and O–H groups in total. The Bertz CT molecular complexity index is 446. The molecule has 0 aliphatic carbocycles. The fourth-order valence-electron chi connectivity index (χ4n) is 2.15. The molecule has 0 atom stereocenters. The molecule has 1 heterocycles. The topological polar surface area (TPSA) is 49.8 Å². The highest BCUT2D eigenvalue weighted by atomic mass is 79.9. The van der Waals surface area contributed by atoms with Gasteiger partial charge in [0.25, 0.3) is 0 Å². The fraction of sp³-hybridized carbons (Fsp3) is 0.462. The van der Waals surface area contributed by atoms with E-state index >= 15 is 0 Å². The summed E-state index contributed by atoms with van der Waals surface area (Å²) in [4.78, 5) is 13.3. The van der Waals surface area contributed by atoms with E-state index in [0.29, 0.717) is 19.8 Å². The van der Waals surface area contributed by atoms with Crippen LogP contribution in [0.25, 0.3) is 0 Å². The van der Waals surface area contributed by atoms with Crippen molar-refractivity contribution in [2.75, 3.05) is 26.8 Å². The Hall–Kier alpha value is -0.910. The van der Waals surface area contributed by atoms with Gasteiger partial charge in [-0.15, -0.1) is 0 Å². The highest BCUT2D eigenvalue weighted by Gasteiger charge is 2.46. The summed E-state index contributed by atoms with van der Waals surface area (Å²) in [7, 11) is 1.93. The van der Waals surface area contributed by atoms with E-state index in [4.69, 9.17) is 4.74 Å². The summed E-state index contributed by atoms with van der Waals surface area (Å²) in [5, 5.41) is 9.23. The van der Waals surface area contributed by atoms with Gasteiger partial charge in [-0.2, -0.15) is 0 Å². The third-order valence-electron chi connectivity index (χ3n) is 3.12. The van der Waals surface area contributed by atoms with Crippen molar-refractivity contribution in [3.63, 3.8) is 0 Å². The minimum atomic E-state index is -0.769. The number of ether oxygens (including phenoxy) is 1. The molecule has 1 fully saturated rings. The van der Waals surface area contributed by atoms with Gasteiger partial charge in [-0.3, -0.25) is 4.79 Å². The van der Waals surface area contributed by atoms with Crippen LogP contribution in [-0.2, 0) is 16.1 Å². The van der Waals surface area contributed by atoms with Gasteiger partial charge in [-0.05, 0) is 24.7 Å². The van der Waals surface area contributed by atoms with Crippen LogP contribution in [0.2, 0.25) is 0 Å². The van der Waals surface area contributed by atoms with E-state index in [9.17, 15) is 9.90 Å². The first-order chi connectivity index (χ1) is 8.52. The number of hydrogen-bond acceptors (Lipinski definition) is 3. The molecule has 1 aromatic rings. The Morgan fingerprint density at radius 3 is 2.78 bits per heavy atom. The lowest BCUT2D eigenvalue weighted by atomic mass is 9.85. The van der Waals surface area contributed by atoms with Crippen LogP contribution in [0, 0.1) is 5.41 Å². The standard InChI is InChI=1S/C13H16BrNO3/c1-15(6-10-3-2-4-11(14)5-10)7-13(12(16)17)8-18-9-13/h2-5H,6-9H2,1H3,(H,16,17). The van der Waals surface area contributed by atoms with Crippen LogP contribution in [0.15, 0.2) is 28.7 Å². The lowest BCUT2D eigenvalue weighted by Gasteiger charge is -2.40. The Balaban J connectivity index is 1.96. The molecule has 1 aliphatic rings. The van der Waals surface area contributed by atoms with Crippen molar-refractivity contribution >= 4 is 21.9 Å². The third kappa shape index (κ3) is 2.91. The van der Waals surface area contributed by atoms with Gasteiger partial charge in [0.2, 0.25) is 0 Å². The third-order valence-corrected chi connectivity index (χ3v) is 3.62. The zero-order valence-corrected chi connectivity index (χ0v) is 11.8. The summed E-state index contributed by atoms with van der Waals surface area (Å²) in [5.41, 5.74) is 0.438. The van der Waals surface area contributed by atoms with Crippen molar-refractivity contribution in [1.82, 2.24) is 4.90 Å². The van der Waals surface area contributed by atoms with Crippen molar-refractivity contribution in [2.24, 2.45) is 5.41 Å². The summed E-state index contributed by atoms with van der Waals surface area (Å²) in [6, 6.07) is 8.03. The van der Waals surface area contributed by atoms with Crippen molar-refractivity contribution in [3.8, 4) is 0 Å². The molecule has 1 aliphatic heterocycles. The zero-order chi connectivity index (χ0) is 13.2. The molecule has 0 unspecified atom stereocenters. The van der Waals surface area contributed by atoms with E-state index in [-0.39, 0.29) is 0 Å². The number of carboxylic acid groups (broad SMARTS) is 1. The molecule has 5 heteroatoms. The predicted octanol–water partition coefficient (Wildman–Crippen LogP) is 1.98. The number of rotatable bonds is 5. The van der Waals surface area contributed by atoms with Crippen LogP contribution in [0.3, 0.4) is 0 Å². The van der Waals surface area contributed by atoms with Crippen LogP contribution in [0.5, 0.6) is 0 Å². The second-order valence-corrected chi connectivity index (χ2v) is 5.80. The molecule has 0 amide bonds. The maximum absolute atomic E-state index is 11.2. The van der Waals surface area contributed by atoms with Crippen LogP contribution in [-0.4, -0.2) is 42.8 Å². The second-order valence-electron chi connectivity index (χ2n) is 4.88. The second kappa shape index (κ2) is 5.38. The Labute approximate surface area is 115 Å². The number of benzene rings is 1. The highest BCUT2D eigenvalue weighted by Crippen LogP contribution is 2.29. The van der Waals surface area contributed by atoms with Crippen molar-refractivity contribution < 1.29 is 14.6 Å². The smallest absolute Gasteiger partial charge is 0.315 e. The summed E-state index contributed by atoms with van der Waals surface area (Å²) < 4.78 is 6.09. The first kappa shape index (κ1) is 13.5. The number of halogens is 1. The molecular formula is C13H16BrNO3. The van der Waals surface area contributed by atoms with Gasteiger partial charge in [-0.1, -0.05) is 28.1 Å². The van der Waals surface area contributed by atoms with Crippen molar-refractivity contribution in [2.45, 2.75) is 6.54 Å². The lowest BCUT2D eigenvalue weighted by Crippen LogP contribution is -2.55. The van der Waals surface area contributed by atoms with Crippen LogP contribution >= 0.6 is 15.9 Å². The molecular weight excluding hydrogens is 298 g/mol. The maximum atomic E-state index is 11.2. The van der Waals surface area contributed by atoms with Gasteiger partial charge in [0.15, 0.2) is 0 Å². The van der Waals surface area contributed by atoms with E-state index < -0.39 is 11.4 Å². The number of nitrogens with zero attached hydrogens (tertiary/aromatic N) is 1. The maximum Gasteiger partial charge on any atom is 0.315 e. The predicted molar refractivity (Wildman–Crippen MR) is 71.4 cm³/mol. The monoisotopic (exact) mass is 313 g/mol. The number of carboxylic acids is 1. The van der Waals surface area contributed by atoms with Crippen LogP contribution < -0.4 is 0 Å². The highest BCUT2D eigenvalue weighted by molar-refractivity contribution is 9.10. The molecule has 0 radical (unpaired) electrons. The first-order valence-electron chi connectivity index (χ1n) is 5.76. The molecule has 0 bridgehead atoms. The number of aliphatic carboxylic acids is 1. The van der Waals surface area contributed by atoms with E-state index in [1.807, 2.05) is 36.2 Å². The first-order valence-corrected chi connectivity index (χ1v) is 6.55. The number of hydrogen-bond donors (Lipinski definition) is 1. The van der Waals surface area contributed by atoms with Crippen molar-refractivity contribution in [1.29, 1.82) is 0 Å². The van der Waals surface area contributed by atoms with E-state index in [2.05, 4.69) is 15.9 Å². The average Bonchev–Trinajstić information content (AvgIpc) is 2.23. The zero-order valence-electron chi connectivity index (χ0n) is 10.2. The SMILES string of the molecule is CN(Cc1cccc(Br)c1)CC1(C(=O)O)COC1. The molecule has 18 heavy (non-hydrogen) atoms. The quantitative estimate of drug-likeness (QED) is 0.903. The molecule has 98 valence electrons. The molecule has 0 aromatic heterocycles. The Morgan fingerprint density at radius 2 is 2.28 bits per heavy atom. The van der Waals surface area contributed by atoms with Crippen molar-refractivity contribution in [3.05, 3.63) is 34.3 Å². The van der Waals surface area contributed by atoms with Gasteiger partial charge in [0.05, 0.1) is 13.2 Å².